The van der Waals surface area contributed by atoms with Crippen LogP contribution in [0.5, 0.6) is 5.75 Å². The molecule has 0 saturated heterocycles. The molecule has 2 N–H and O–H groups in total. The van der Waals surface area contributed by atoms with Gasteiger partial charge >= 0.3 is 5.97 Å². The molecule has 0 amide bonds. The molecule has 0 radical (unpaired) electrons. The number of aromatic nitrogens is 1. The maximum atomic E-state index is 13.8. The minimum Gasteiger partial charge on any atom is -0.508 e. The average molecular weight is 328 g/mol. The molecule has 0 aliphatic carbocycles. The van der Waals surface area contributed by atoms with Crippen molar-refractivity contribution >= 4 is 21.9 Å². The molecule has 2 rings (SSSR count). The summed E-state index contributed by atoms with van der Waals surface area (Å²) in [5.41, 5.74) is -1.59. The van der Waals surface area contributed by atoms with Gasteiger partial charge < -0.3 is 10.2 Å². The smallest absolute Gasteiger partial charge is 0.353 e. The summed E-state index contributed by atoms with van der Waals surface area (Å²) in [5.74, 6) is -2.71. The van der Waals surface area contributed by atoms with Crippen LogP contribution in [0.3, 0.4) is 0 Å². The molecule has 0 fully saturated rings. The molecule has 98 valence electrons. The summed E-state index contributed by atoms with van der Waals surface area (Å²) in [5, 5.41) is 18.3. The van der Waals surface area contributed by atoms with E-state index < -0.39 is 28.8 Å². The molecule has 0 unspecified atom stereocenters. The molecule has 19 heavy (non-hydrogen) atoms. The first-order valence-corrected chi connectivity index (χ1v) is 5.85. The van der Waals surface area contributed by atoms with Gasteiger partial charge in [0.2, 0.25) is 0 Å². The van der Waals surface area contributed by atoms with E-state index in [1.807, 2.05) is 0 Å². The fourth-order valence-corrected chi connectivity index (χ4v) is 2.17. The van der Waals surface area contributed by atoms with E-state index in [9.17, 15) is 19.1 Å². The van der Waals surface area contributed by atoms with E-state index in [2.05, 4.69) is 15.9 Å². The first-order valence-electron chi connectivity index (χ1n) is 5.05. The number of nitrogens with zero attached hydrogens (tertiary/aromatic N) is 1. The highest BCUT2D eigenvalue weighted by Gasteiger charge is 2.19. The van der Waals surface area contributed by atoms with Crippen LogP contribution in [-0.2, 0) is 0 Å². The Bertz CT molecular complexity index is 706. The third-order valence-electron chi connectivity index (χ3n) is 2.40. The number of para-hydroxylation sites is 1. The number of carboxylic acid groups (broad SMARTS) is 1. The monoisotopic (exact) mass is 327 g/mol. The average Bonchev–Trinajstić information content (AvgIpc) is 2.30. The molecule has 0 aliphatic rings. The van der Waals surface area contributed by atoms with Gasteiger partial charge in [-0.1, -0.05) is 6.07 Å². The second-order valence-corrected chi connectivity index (χ2v) is 4.50. The Morgan fingerprint density at radius 1 is 1.32 bits per heavy atom. The molecule has 0 aliphatic heterocycles. The number of hydrogen-bond donors (Lipinski definition) is 2. The number of aromatic hydroxyl groups is 1. The van der Waals surface area contributed by atoms with E-state index in [-0.39, 0.29) is 10.2 Å². The molecule has 1 aromatic carbocycles. The van der Waals surface area contributed by atoms with E-state index in [1.54, 1.807) is 0 Å². The van der Waals surface area contributed by atoms with Crippen molar-refractivity contribution in [1.82, 2.24) is 4.57 Å². The molecule has 1 heterocycles. The minimum atomic E-state index is -1.46. The van der Waals surface area contributed by atoms with Gasteiger partial charge in [0.1, 0.15) is 17.3 Å². The van der Waals surface area contributed by atoms with E-state index in [4.69, 9.17) is 5.11 Å². The topological polar surface area (TPSA) is 79.5 Å². The van der Waals surface area contributed by atoms with Gasteiger partial charge in [-0.2, -0.15) is 0 Å². The summed E-state index contributed by atoms with van der Waals surface area (Å²) < 4.78 is 14.7. The van der Waals surface area contributed by atoms with Gasteiger partial charge in [0.25, 0.3) is 5.56 Å². The van der Waals surface area contributed by atoms with Crippen LogP contribution in [0, 0.1) is 5.82 Å². The highest BCUT2D eigenvalue weighted by molar-refractivity contribution is 9.10. The number of benzene rings is 1. The molecule has 7 heteroatoms. The number of aromatic carboxylic acids is 1. The molecule has 5 nitrogen and oxygen atoms in total. The SMILES string of the molecule is O=C(O)c1cc(O)cc(=O)n1-c1c(F)cccc1Br. The maximum Gasteiger partial charge on any atom is 0.353 e. The highest BCUT2D eigenvalue weighted by Crippen LogP contribution is 2.25. The third kappa shape index (κ3) is 2.37. The Balaban J connectivity index is 2.90. The lowest BCUT2D eigenvalue weighted by Crippen LogP contribution is -2.24. The second kappa shape index (κ2) is 4.85. The van der Waals surface area contributed by atoms with Gasteiger partial charge in [-0.25, -0.2) is 9.18 Å². The molecule has 0 atom stereocenters. The second-order valence-electron chi connectivity index (χ2n) is 3.65. The van der Waals surface area contributed by atoms with Crippen molar-refractivity contribution in [2.75, 3.05) is 0 Å². The highest BCUT2D eigenvalue weighted by atomic mass is 79.9. The number of halogens is 2. The largest absolute Gasteiger partial charge is 0.508 e. The zero-order chi connectivity index (χ0) is 14.2. The normalized spacial score (nSPS) is 10.4. The van der Waals surface area contributed by atoms with Gasteiger partial charge in [-0.15, -0.1) is 0 Å². The molecule has 1 aromatic heterocycles. The van der Waals surface area contributed by atoms with Crippen LogP contribution >= 0.6 is 15.9 Å². The van der Waals surface area contributed by atoms with Gasteiger partial charge in [0.15, 0.2) is 0 Å². The molecule has 0 spiro atoms. The Hall–Kier alpha value is -2.15. The van der Waals surface area contributed by atoms with Crippen molar-refractivity contribution in [2.45, 2.75) is 0 Å². The lowest BCUT2D eigenvalue weighted by Gasteiger charge is -2.12. The summed E-state index contributed by atoms with van der Waals surface area (Å²) in [4.78, 5) is 22.9. The molecule has 0 bridgehead atoms. The van der Waals surface area contributed by atoms with Crippen molar-refractivity contribution in [2.24, 2.45) is 0 Å². The Morgan fingerprint density at radius 2 is 2.00 bits per heavy atom. The Labute approximate surface area is 114 Å². The van der Waals surface area contributed by atoms with E-state index in [0.29, 0.717) is 4.57 Å². The van der Waals surface area contributed by atoms with E-state index in [1.165, 1.54) is 12.1 Å². The zero-order valence-corrected chi connectivity index (χ0v) is 10.9. The summed E-state index contributed by atoms with van der Waals surface area (Å²) >= 11 is 3.06. The summed E-state index contributed by atoms with van der Waals surface area (Å²) in [6, 6.07) is 5.68. The molecule has 0 saturated carbocycles. The predicted molar refractivity (Wildman–Crippen MR) is 68.3 cm³/mol. The van der Waals surface area contributed by atoms with E-state index >= 15 is 0 Å². The zero-order valence-electron chi connectivity index (χ0n) is 9.30. The van der Waals surface area contributed by atoms with Crippen LogP contribution in [0.4, 0.5) is 4.39 Å². The molecular weight excluding hydrogens is 321 g/mol. The van der Waals surface area contributed by atoms with Crippen LogP contribution in [0.2, 0.25) is 0 Å². The van der Waals surface area contributed by atoms with Crippen molar-refractivity contribution in [3.63, 3.8) is 0 Å². The first-order chi connectivity index (χ1) is 8.91. The fraction of sp³-hybridized carbons (Fsp3) is 0. The number of rotatable bonds is 2. The number of carboxylic acids is 1. The van der Waals surface area contributed by atoms with Crippen LogP contribution in [0.1, 0.15) is 10.5 Å². The molecular formula is C12H7BrFNO4. The standard InChI is InChI=1S/C12H7BrFNO4/c13-7-2-1-3-8(14)11(7)15-9(12(18)19)4-6(16)5-10(15)17/h1-5,16H,(H,18,19). The maximum absolute atomic E-state index is 13.8. The van der Waals surface area contributed by atoms with Crippen LogP contribution in [0.25, 0.3) is 5.69 Å². The van der Waals surface area contributed by atoms with Gasteiger partial charge in [0.05, 0.1) is 5.69 Å². The summed E-state index contributed by atoms with van der Waals surface area (Å²) in [6.45, 7) is 0. The van der Waals surface area contributed by atoms with Crippen LogP contribution in [0.15, 0.2) is 39.6 Å². The minimum absolute atomic E-state index is 0.218. The van der Waals surface area contributed by atoms with Gasteiger partial charge in [-0.05, 0) is 28.1 Å². The van der Waals surface area contributed by atoms with Gasteiger partial charge in [0, 0.05) is 16.6 Å². The van der Waals surface area contributed by atoms with Crippen LogP contribution in [-0.4, -0.2) is 20.7 Å². The summed E-state index contributed by atoms with van der Waals surface area (Å²) in [7, 11) is 0. The van der Waals surface area contributed by atoms with E-state index in [0.717, 1.165) is 18.2 Å². The lowest BCUT2D eigenvalue weighted by molar-refractivity contribution is 0.0686. The lowest BCUT2D eigenvalue weighted by atomic mass is 10.2. The van der Waals surface area contributed by atoms with Crippen LogP contribution < -0.4 is 5.56 Å². The quantitative estimate of drug-likeness (QED) is 0.885. The number of carbonyl (C=O) groups is 1. The Kier molecular flexibility index (Phi) is 3.39. The first kappa shape index (κ1) is 13.3. The number of pyridine rings is 1. The van der Waals surface area contributed by atoms with Crippen molar-refractivity contribution in [3.05, 3.63) is 56.7 Å². The fourth-order valence-electron chi connectivity index (χ4n) is 1.65. The summed E-state index contributed by atoms with van der Waals surface area (Å²) in [6.07, 6.45) is 0. The predicted octanol–water partition coefficient (Wildman–Crippen LogP) is 2.14. The third-order valence-corrected chi connectivity index (χ3v) is 3.04. The number of hydrogen-bond acceptors (Lipinski definition) is 3. The van der Waals surface area contributed by atoms with Crippen molar-refractivity contribution < 1.29 is 19.4 Å². The van der Waals surface area contributed by atoms with Crippen molar-refractivity contribution in [3.8, 4) is 11.4 Å². The molecule has 2 aromatic rings. The Morgan fingerprint density at radius 3 is 2.58 bits per heavy atom. The van der Waals surface area contributed by atoms with Crippen molar-refractivity contribution in [1.29, 1.82) is 0 Å². The van der Waals surface area contributed by atoms with Gasteiger partial charge in [-0.3, -0.25) is 9.36 Å².